The summed E-state index contributed by atoms with van der Waals surface area (Å²) in [5.74, 6) is -1.57. The molecule has 2 aromatic rings. The lowest BCUT2D eigenvalue weighted by molar-refractivity contribution is -0.141. The molecule has 110 valence electrons. The Kier molecular flexibility index (Phi) is 3.41. The first kappa shape index (κ1) is 14.0. The molecule has 1 aliphatic heterocycles. The van der Waals surface area contributed by atoms with E-state index in [-0.39, 0.29) is 11.7 Å². The highest BCUT2D eigenvalue weighted by Crippen LogP contribution is 2.33. The number of halogens is 1. The maximum atomic E-state index is 13.3. The van der Waals surface area contributed by atoms with E-state index in [1.54, 1.807) is 6.07 Å². The van der Waals surface area contributed by atoms with Gasteiger partial charge in [0.1, 0.15) is 11.9 Å². The van der Waals surface area contributed by atoms with E-state index in [9.17, 15) is 19.1 Å². The number of aliphatic carboxylic acids is 1. The topological polar surface area (TPSA) is 57.6 Å². The van der Waals surface area contributed by atoms with Crippen LogP contribution in [0.15, 0.2) is 18.2 Å². The van der Waals surface area contributed by atoms with Crippen molar-refractivity contribution < 1.29 is 19.1 Å². The van der Waals surface area contributed by atoms with Crippen molar-refractivity contribution in [2.75, 3.05) is 6.54 Å². The van der Waals surface area contributed by atoms with Crippen LogP contribution in [0, 0.1) is 12.7 Å². The van der Waals surface area contributed by atoms with Crippen LogP contribution in [-0.4, -0.2) is 34.5 Å². The molecule has 0 spiro atoms. The molecule has 1 saturated heterocycles. The van der Waals surface area contributed by atoms with Gasteiger partial charge in [-0.25, -0.2) is 9.18 Å². The summed E-state index contributed by atoms with van der Waals surface area (Å²) in [7, 11) is 0. The van der Waals surface area contributed by atoms with Gasteiger partial charge in [0.25, 0.3) is 5.91 Å². The fraction of sp³-hybridized carbons (Fsp3) is 0.333. The van der Waals surface area contributed by atoms with Gasteiger partial charge in [0, 0.05) is 11.2 Å². The summed E-state index contributed by atoms with van der Waals surface area (Å²) >= 11 is 1.22. The molecule has 4 nitrogen and oxygen atoms in total. The molecule has 0 saturated carbocycles. The number of benzene rings is 1. The number of carbonyl (C=O) groups is 2. The van der Waals surface area contributed by atoms with Crippen molar-refractivity contribution in [2.24, 2.45) is 0 Å². The van der Waals surface area contributed by atoms with Crippen molar-refractivity contribution in [3.8, 4) is 0 Å². The summed E-state index contributed by atoms with van der Waals surface area (Å²) in [5, 5.41) is 10.0. The lowest BCUT2D eigenvalue weighted by atomic mass is 10.1. The van der Waals surface area contributed by atoms with Crippen LogP contribution in [0.2, 0.25) is 0 Å². The molecule has 3 rings (SSSR count). The van der Waals surface area contributed by atoms with Crippen LogP contribution in [0.4, 0.5) is 4.39 Å². The number of nitrogens with zero attached hydrogens (tertiary/aromatic N) is 1. The average Bonchev–Trinajstić information content (AvgIpc) is 3.03. The second kappa shape index (κ2) is 5.11. The number of aryl methyl sites for hydroxylation is 1. The second-order valence-corrected chi connectivity index (χ2v) is 6.24. The van der Waals surface area contributed by atoms with Gasteiger partial charge in [0.2, 0.25) is 0 Å². The van der Waals surface area contributed by atoms with Crippen molar-refractivity contribution in [3.63, 3.8) is 0 Å². The van der Waals surface area contributed by atoms with E-state index in [1.165, 1.54) is 28.4 Å². The number of amides is 1. The Morgan fingerprint density at radius 2 is 2.19 bits per heavy atom. The fourth-order valence-corrected chi connectivity index (χ4v) is 3.99. The minimum Gasteiger partial charge on any atom is -0.480 e. The van der Waals surface area contributed by atoms with Crippen LogP contribution >= 0.6 is 11.3 Å². The number of carboxylic acids is 1. The highest BCUT2D eigenvalue weighted by Gasteiger charge is 2.35. The third-order valence-corrected chi connectivity index (χ3v) is 5.14. The third-order valence-electron chi connectivity index (χ3n) is 3.89. The average molecular weight is 307 g/mol. The maximum absolute atomic E-state index is 13.3. The lowest BCUT2D eigenvalue weighted by Crippen LogP contribution is -2.40. The number of thiophene rings is 1. The monoisotopic (exact) mass is 307 g/mol. The Balaban J connectivity index is 2.02. The molecule has 1 aromatic carbocycles. The summed E-state index contributed by atoms with van der Waals surface area (Å²) in [6.07, 6.45) is 1.18. The normalized spacial score (nSPS) is 18.4. The van der Waals surface area contributed by atoms with Crippen LogP contribution in [0.3, 0.4) is 0 Å². The lowest BCUT2D eigenvalue weighted by Gasteiger charge is -2.21. The van der Waals surface area contributed by atoms with Crippen LogP contribution in [-0.2, 0) is 4.79 Å². The number of rotatable bonds is 2. The van der Waals surface area contributed by atoms with Crippen LogP contribution in [0.25, 0.3) is 10.1 Å². The Hall–Kier alpha value is -1.95. The molecular weight excluding hydrogens is 293 g/mol. The van der Waals surface area contributed by atoms with E-state index in [0.717, 1.165) is 10.9 Å². The number of likely N-dealkylation sites (tertiary alicyclic amines) is 1. The molecule has 2 heterocycles. The van der Waals surface area contributed by atoms with E-state index in [0.29, 0.717) is 29.0 Å². The van der Waals surface area contributed by atoms with Gasteiger partial charge in [-0.05, 0) is 42.8 Å². The first-order chi connectivity index (χ1) is 9.99. The van der Waals surface area contributed by atoms with Gasteiger partial charge in [-0.1, -0.05) is 6.07 Å². The standard InChI is InChI=1S/C15H14FNO3S/c1-8-10-5-4-9(16)7-12(10)21-13(8)14(18)17-6-2-3-11(17)15(19)20/h4-5,7,11H,2-3,6H2,1H3,(H,19,20)/t11-/m0/s1. The van der Waals surface area contributed by atoms with Gasteiger partial charge in [-0.15, -0.1) is 11.3 Å². The Morgan fingerprint density at radius 1 is 1.43 bits per heavy atom. The zero-order valence-electron chi connectivity index (χ0n) is 11.4. The van der Waals surface area contributed by atoms with E-state index < -0.39 is 12.0 Å². The van der Waals surface area contributed by atoms with E-state index in [4.69, 9.17) is 0 Å². The van der Waals surface area contributed by atoms with Crippen LogP contribution in [0.1, 0.15) is 28.1 Å². The Labute approximate surface area is 124 Å². The number of carboxylic acid groups (broad SMARTS) is 1. The summed E-state index contributed by atoms with van der Waals surface area (Å²) in [6, 6.07) is 3.68. The quantitative estimate of drug-likeness (QED) is 0.927. The first-order valence-electron chi connectivity index (χ1n) is 6.71. The SMILES string of the molecule is Cc1c(C(=O)N2CCC[C@H]2C(=O)O)sc2cc(F)ccc12. The van der Waals surface area contributed by atoms with Gasteiger partial charge in [0.15, 0.2) is 0 Å². The number of hydrogen-bond donors (Lipinski definition) is 1. The molecule has 1 aromatic heterocycles. The third kappa shape index (κ3) is 2.29. The van der Waals surface area contributed by atoms with Gasteiger partial charge in [-0.2, -0.15) is 0 Å². The van der Waals surface area contributed by atoms with Crippen molar-refractivity contribution in [3.05, 3.63) is 34.5 Å². The molecule has 0 aliphatic carbocycles. The molecule has 1 fully saturated rings. The maximum Gasteiger partial charge on any atom is 0.326 e. The molecule has 21 heavy (non-hydrogen) atoms. The van der Waals surface area contributed by atoms with E-state index in [2.05, 4.69) is 0 Å². The van der Waals surface area contributed by atoms with Crippen molar-refractivity contribution >= 4 is 33.3 Å². The van der Waals surface area contributed by atoms with Gasteiger partial charge >= 0.3 is 5.97 Å². The molecule has 0 unspecified atom stereocenters. The summed E-state index contributed by atoms with van der Waals surface area (Å²) in [6.45, 7) is 2.27. The fourth-order valence-electron chi connectivity index (χ4n) is 2.80. The zero-order valence-corrected chi connectivity index (χ0v) is 12.2. The van der Waals surface area contributed by atoms with Gasteiger partial charge in [-0.3, -0.25) is 4.79 Å². The van der Waals surface area contributed by atoms with Crippen LogP contribution < -0.4 is 0 Å². The first-order valence-corrected chi connectivity index (χ1v) is 7.53. The molecular formula is C15H14FNO3S. The molecule has 0 bridgehead atoms. The molecule has 1 N–H and O–H groups in total. The second-order valence-electron chi connectivity index (χ2n) is 5.19. The van der Waals surface area contributed by atoms with Crippen LogP contribution in [0.5, 0.6) is 0 Å². The zero-order chi connectivity index (χ0) is 15.1. The molecule has 1 atom stereocenters. The smallest absolute Gasteiger partial charge is 0.326 e. The highest BCUT2D eigenvalue weighted by atomic mass is 32.1. The minimum absolute atomic E-state index is 0.265. The predicted octanol–water partition coefficient (Wildman–Crippen LogP) is 3.04. The Morgan fingerprint density at radius 3 is 2.90 bits per heavy atom. The molecule has 6 heteroatoms. The summed E-state index contributed by atoms with van der Waals surface area (Å²) in [5.41, 5.74) is 0.788. The predicted molar refractivity (Wildman–Crippen MR) is 78.2 cm³/mol. The molecule has 1 amide bonds. The number of carbonyl (C=O) groups excluding carboxylic acids is 1. The van der Waals surface area contributed by atoms with Crippen molar-refractivity contribution in [2.45, 2.75) is 25.8 Å². The van der Waals surface area contributed by atoms with E-state index in [1.807, 2.05) is 6.92 Å². The number of hydrogen-bond acceptors (Lipinski definition) is 3. The summed E-state index contributed by atoms with van der Waals surface area (Å²) < 4.78 is 14.0. The highest BCUT2D eigenvalue weighted by molar-refractivity contribution is 7.21. The minimum atomic E-state index is -0.967. The molecule has 0 radical (unpaired) electrons. The number of fused-ring (bicyclic) bond motifs is 1. The van der Waals surface area contributed by atoms with Gasteiger partial charge < -0.3 is 10.0 Å². The Bertz CT molecular complexity index is 740. The van der Waals surface area contributed by atoms with Crippen molar-refractivity contribution in [1.82, 2.24) is 4.90 Å². The largest absolute Gasteiger partial charge is 0.480 e. The summed E-state index contributed by atoms with van der Waals surface area (Å²) in [4.78, 5) is 25.7. The van der Waals surface area contributed by atoms with Crippen molar-refractivity contribution in [1.29, 1.82) is 0 Å². The molecule has 1 aliphatic rings. The van der Waals surface area contributed by atoms with Gasteiger partial charge in [0.05, 0.1) is 4.88 Å². The van der Waals surface area contributed by atoms with E-state index >= 15 is 0 Å².